The fraction of sp³-hybridized carbons (Fsp3) is 0.467. The summed E-state index contributed by atoms with van der Waals surface area (Å²) in [6.45, 7) is 3.28. The van der Waals surface area contributed by atoms with Crippen LogP contribution >= 0.6 is 0 Å². The summed E-state index contributed by atoms with van der Waals surface area (Å²) < 4.78 is 10.2. The summed E-state index contributed by atoms with van der Waals surface area (Å²) in [6.07, 6.45) is 1.43. The quantitative estimate of drug-likeness (QED) is 0.857. The largest absolute Gasteiger partial charge is 0.462 e. The molecule has 108 valence electrons. The minimum Gasteiger partial charge on any atom is -0.462 e. The van der Waals surface area contributed by atoms with Gasteiger partial charge in [0, 0.05) is 19.1 Å². The predicted molar refractivity (Wildman–Crippen MR) is 74.6 cm³/mol. The van der Waals surface area contributed by atoms with Crippen LogP contribution in [0.1, 0.15) is 30.1 Å². The molecule has 1 amide bonds. The summed E-state index contributed by atoms with van der Waals surface area (Å²) >= 11 is 0. The number of ether oxygens (including phenoxy) is 2. The summed E-state index contributed by atoms with van der Waals surface area (Å²) in [4.78, 5) is 24.0. The van der Waals surface area contributed by atoms with Crippen molar-refractivity contribution in [3.63, 3.8) is 0 Å². The van der Waals surface area contributed by atoms with Crippen molar-refractivity contribution >= 4 is 17.6 Å². The lowest BCUT2D eigenvalue weighted by molar-refractivity contribution is -0.122. The molecule has 0 radical (unpaired) electrons. The van der Waals surface area contributed by atoms with Crippen LogP contribution in [0.3, 0.4) is 0 Å². The average molecular weight is 277 g/mol. The third-order valence-electron chi connectivity index (χ3n) is 3.27. The van der Waals surface area contributed by atoms with Crippen molar-refractivity contribution < 1.29 is 19.1 Å². The van der Waals surface area contributed by atoms with Crippen molar-refractivity contribution in [2.75, 3.05) is 25.1 Å². The van der Waals surface area contributed by atoms with Gasteiger partial charge in [0.25, 0.3) is 0 Å². The van der Waals surface area contributed by atoms with Gasteiger partial charge in [0.2, 0.25) is 5.91 Å². The normalized spacial score (nSPS) is 15.7. The molecule has 1 saturated heterocycles. The van der Waals surface area contributed by atoms with Crippen LogP contribution in [0.25, 0.3) is 0 Å². The number of para-hydroxylation sites is 1. The second-order valence-corrected chi connectivity index (χ2v) is 4.64. The number of esters is 1. The average Bonchev–Trinajstić information content (AvgIpc) is 2.49. The Morgan fingerprint density at radius 2 is 2.00 bits per heavy atom. The van der Waals surface area contributed by atoms with Crippen LogP contribution in [0, 0.1) is 5.92 Å². The Labute approximate surface area is 118 Å². The van der Waals surface area contributed by atoms with Crippen molar-refractivity contribution in [2.24, 2.45) is 5.92 Å². The molecular formula is C15H19NO4. The molecule has 5 heteroatoms. The molecule has 1 aliphatic heterocycles. The van der Waals surface area contributed by atoms with Gasteiger partial charge in [-0.1, -0.05) is 12.1 Å². The number of nitrogens with one attached hydrogen (secondary N) is 1. The minimum absolute atomic E-state index is 0.0565. The Bertz CT molecular complexity index is 481. The van der Waals surface area contributed by atoms with Gasteiger partial charge in [-0.05, 0) is 31.9 Å². The van der Waals surface area contributed by atoms with Gasteiger partial charge in [0.1, 0.15) is 0 Å². The zero-order valence-corrected chi connectivity index (χ0v) is 11.6. The van der Waals surface area contributed by atoms with E-state index in [9.17, 15) is 9.59 Å². The second-order valence-electron chi connectivity index (χ2n) is 4.64. The molecule has 2 rings (SSSR count). The van der Waals surface area contributed by atoms with Crippen LogP contribution in [-0.2, 0) is 14.3 Å². The highest BCUT2D eigenvalue weighted by atomic mass is 16.5. The highest BCUT2D eigenvalue weighted by Crippen LogP contribution is 2.20. The highest BCUT2D eigenvalue weighted by molar-refractivity contribution is 6.01. The lowest BCUT2D eigenvalue weighted by atomic mass is 9.99. The molecule has 20 heavy (non-hydrogen) atoms. The third-order valence-corrected chi connectivity index (χ3v) is 3.27. The van der Waals surface area contributed by atoms with Gasteiger partial charge in [0.15, 0.2) is 0 Å². The van der Waals surface area contributed by atoms with E-state index >= 15 is 0 Å². The van der Waals surface area contributed by atoms with E-state index in [4.69, 9.17) is 9.47 Å². The molecule has 5 nitrogen and oxygen atoms in total. The van der Waals surface area contributed by atoms with Crippen LogP contribution < -0.4 is 5.32 Å². The van der Waals surface area contributed by atoms with Crippen LogP contribution in [-0.4, -0.2) is 31.7 Å². The van der Waals surface area contributed by atoms with Gasteiger partial charge in [-0.25, -0.2) is 4.79 Å². The summed E-state index contributed by atoms with van der Waals surface area (Å²) in [5.74, 6) is -0.542. The molecule has 1 heterocycles. The molecule has 0 unspecified atom stereocenters. The molecule has 0 bridgehead atoms. The molecule has 0 spiro atoms. The first kappa shape index (κ1) is 14.5. The van der Waals surface area contributed by atoms with Gasteiger partial charge in [-0.3, -0.25) is 4.79 Å². The number of carbonyl (C=O) groups excluding carboxylic acids is 2. The molecular weight excluding hydrogens is 258 g/mol. The number of hydrogen-bond acceptors (Lipinski definition) is 4. The monoisotopic (exact) mass is 277 g/mol. The van der Waals surface area contributed by atoms with E-state index in [1.165, 1.54) is 0 Å². The third kappa shape index (κ3) is 3.57. The number of benzene rings is 1. The van der Waals surface area contributed by atoms with Crippen molar-refractivity contribution in [3.05, 3.63) is 29.8 Å². The fourth-order valence-corrected chi connectivity index (χ4v) is 2.17. The summed E-state index contributed by atoms with van der Waals surface area (Å²) in [7, 11) is 0. The molecule has 1 aromatic rings. The van der Waals surface area contributed by atoms with Crippen LogP contribution in [0.5, 0.6) is 0 Å². The van der Waals surface area contributed by atoms with Gasteiger partial charge in [-0.2, -0.15) is 0 Å². The lowest BCUT2D eigenvalue weighted by Gasteiger charge is -2.21. The molecule has 1 aliphatic rings. The number of amides is 1. The summed E-state index contributed by atoms with van der Waals surface area (Å²) in [6, 6.07) is 6.89. The fourth-order valence-electron chi connectivity index (χ4n) is 2.17. The molecule has 1 aromatic carbocycles. The van der Waals surface area contributed by atoms with E-state index < -0.39 is 5.97 Å². The Morgan fingerprint density at radius 3 is 2.70 bits per heavy atom. The maximum atomic E-state index is 12.2. The zero-order valence-electron chi connectivity index (χ0n) is 11.6. The van der Waals surface area contributed by atoms with Crippen LogP contribution in [0.2, 0.25) is 0 Å². The summed E-state index contributed by atoms with van der Waals surface area (Å²) in [5.41, 5.74) is 0.886. The van der Waals surface area contributed by atoms with E-state index in [-0.39, 0.29) is 11.8 Å². The Hall–Kier alpha value is -1.88. The van der Waals surface area contributed by atoms with Crippen LogP contribution in [0.15, 0.2) is 24.3 Å². The molecule has 0 atom stereocenters. The van der Waals surface area contributed by atoms with E-state index in [0.29, 0.717) is 43.9 Å². The predicted octanol–water partition coefficient (Wildman–Crippen LogP) is 2.23. The van der Waals surface area contributed by atoms with E-state index in [2.05, 4.69) is 5.32 Å². The highest BCUT2D eigenvalue weighted by Gasteiger charge is 2.23. The van der Waals surface area contributed by atoms with Gasteiger partial charge < -0.3 is 14.8 Å². The second kappa shape index (κ2) is 7.05. The number of rotatable bonds is 4. The topological polar surface area (TPSA) is 64.6 Å². The van der Waals surface area contributed by atoms with Gasteiger partial charge >= 0.3 is 5.97 Å². The Balaban J connectivity index is 2.08. The summed E-state index contributed by atoms with van der Waals surface area (Å²) in [5, 5.41) is 2.82. The van der Waals surface area contributed by atoms with Crippen molar-refractivity contribution in [3.8, 4) is 0 Å². The maximum absolute atomic E-state index is 12.2. The first-order valence-electron chi connectivity index (χ1n) is 6.87. The first-order valence-corrected chi connectivity index (χ1v) is 6.87. The minimum atomic E-state index is -0.421. The lowest BCUT2D eigenvalue weighted by Crippen LogP contribution is -2.29. The van der Waals surface area contributed by atoms with E-state index in [1.807, 2.05) is 0 Å². The van der Waals surface area contributed by atoms with E-state index in [0.717, 1.165) is 0 Å². The smallest absolute Gasteiger partial charge is 0.340 e. The van der Waals surface area contributed by atoms with E-state index in [1.54, 1.807) is 31.2 Å². The molecule has 0 aromatic heterocycles. The molecule has 0 saturated carbocycles. The van der Waals surface area contributed by atoms with Crippen molar-refractivity contribution in [1.82, 2.24) is 0 Å². The Morgan fingerprint density at radius 1 is 1.30 bits per heavy atom. The zero-order chi connectivity index (χ0) is 14.4. The maximum Gasteiger partial charge on any atom is 0.340 e. The molecule has 0 aliphatic carbocycles. The standard InChI is InChI=1S/C15H19NO4/c1-2-20-15(18)12-5-3-4-6-13(12)16-14(17)11-7-9-19-10-8-11/h3-6,11H,2,7-10H2,1H3,(H,16,17). The number of anilines is 1. The van der Waals surface area contributed by atoms with Crippen molar-refractivity contribution in [1.29, 1.82) is 0 Å². The van der Waals surface area contributed by atoms with Gasteiger partial charge in [-0.15, -0.1) is 0 Å². The first-order chi connectivity index (χ1) is 9.72. The van der Waals surface area contributed by atoms with Crippen LogP contribution in [0.4, 0.5) is 5.69 Å². The SMILES string of the molecule is CCOC(=O)c1ccccc1NC(=O)C1CCOCC1. The van der Waals surface area contributed by atoms with Gasteiger partial charge in [0.05, 0.1) is 17.9 Å². The number of carbonyl (C=O) groups is 2. The molecule has 1 N–H and O–H groups in total. The number of hydrogen-bond donors (Lipinski definition) is 1. The Kier molecular flexibility index (Phi) is 5.12. The molecule has 1 fully saturated rings. The van der Waals surface area contributed by atoms with Crippen molar-refractivity contribution in [2.45, 2.75) is 19.8 Å².